The van der Waals surface area contributed by atoms with Gasteiger partial charge in [0, 0.05) is 36.6 Å². The molecule has 1 saturated heterocycles. The minimum absolute atomic E-state index is 0.0273. The summed E-state index contributed by atoms with van der Waals surface area (Å²) < 4.78 is 10.9. The van der Waals surface area contributed by atoms with Crippen LogP contribution in [-0.2, 0) is 6.42 Å². The van der Waals surface area contributed by atoms with E-state index in [9.17, 15) is 9.90 Å². The second-order valence-corrected chi connectivity index (χ2v) is 10.5. The summed E-state index contributed by atoms with van der Waals surface area (Å²) >= 11 is 6.38. The van der Waals surface area contributed by atoms with Crippen molar-refractivity contribution in [3.05, 3.63) is 69.0 Å². The van der Waals surface area contributed by atoms with Gasteiger partial charge in [-0.25, -0.2) is 9.78 Å². The smallest absolute Gasteiger partial charge is 0.322 e. The van der Waals surface area contributed by atoms with Gasteiger partial charge in [0.25, 0.3) is 0 Å². The van der Waals surface area contributed by atoms with E-state index < -0.39 is 0 Å². The van der Waals surface area contributed by atoms with E-state index in [4.69, 9.17) is 20.8 Å². The van der Waals surface area contributed by atoms with Gasteiger partial charge in [0.15, 0.2) is 16.6 Å². The lowest BCUT2D eigenvalue weighted by molar-refractivity contribution is 0.177. The number of halogens is 1. The van der Waals surface area contributed by atoms with Crippen LogP contribution >= 0.6 is 11.6 Å². The highest BCUT2D eigenvalue weighted by Crippen LogP contribution is 2.29. The summed E-state index contributed by atoms with van der Waals surface area (Å²) in [7, 11) is 1.64. The average molecular weight is 561 g/mol. The van der Waals surface area contributed by atoms with Gasteiger partial charge in [0.2, 0.25) is 5.55 Å². The van der Waals surface area contributed by atoms with E-state index in [0.29, 0.717) is 52.9 Å². The molecule has 0 bridgehead atoms. The molecule has 2 N–H and O–H groups in total. The highest BCUT2D eigenvalue weighted by atomic mass is 35.5. The van der Waals surface area contributed by atoms with Crippen molar-refractivity contribution in [1.82, 2.24) is 20.1 Å². The number of aliphatic hydroxyl groups is 1. The Morgan fingerprint density at radius 2 is 1.98 bits per heavy atom. The van der Waals surface area contributed by atoms with Crippen molar-refractivity contribution in [1.29, 1.82) is 0 Å². The molecule has 0 atom stereocenters. The first-order valence-electron chi connectivity index (χ1n) is 13.1. The number of oxazole rings is 1. The number of piperidine rings is 1. The monoisotopic (exact) mass is 560 g/mol. The van der Waals surface area contributed by atoms with Gasteiger partial charge in [0.05, 0.1) is 12.7 Å². The standard InChI is InChI=1S/C29H29ClN6O4/c1-16-12-19(14-24-26(16)31-17(2)40-24)27(37)22-15-25(33-34-28(22)30)35-9-7-20(8-10-35)36-11-6-18-13-21(39-3)4-5-23(18)32-29(36)38/h4-5,12-15,20,37H,2,6-11H2,1,3H3,(H,32,38)/b27-19+. The summed E-state index contributed by atoms with van der Waals surface area (Å²) in [6, 6.07) is 11.0. The number of carbonyl (C=O) groups excluding carboxylic acids is 1. The third kappa shape index (κ3) is 4.79. The minimum atomic E-state index is -0.0829. The number of hydrogen-bond donors (Lipinski definition) is 2. The zero-order valence-corrected chi connectivity index (χ0v) is 23.0. The second kappa shape index (κ2) is 10.3. The van der Waals surface area contributed by atoms with Gasteiger partial charge in [-0.05, 0) is 80.3 Å². The highest BCUT2D eigenvalue weighted by molar-refractivity contribution is 6.31. The molecule has 2 aliphatic rings. The Bertz CT molecular complexity index is 1730. The molecule has 4 heterocycles. The Morgan fingerprint density at radius 3 is 2.75 bits per heavy atom. The quantitative estimate of drug-likeness (QED) is 0.387. The van der Waals surface area contributed by atoms with E-state index in [1.807, 2.05) is 36.1 Å². The molecule has 10 nitrogen and oxygen atoms in total. The Hall–Kier alpha value is -4.31. The van der Waals surface area contributed by atoms with Gasteiger partial charge in [-0.3, -0.25) is 0 Å². The predicted molar refractivity (Wildman–Crippen MR) is 153 cm³/mol. The normalized spacial score (nSPS) is 16.9. The van der Waals surface area contributed by atoms with Gasteiger partial charge in [0.1, 0.15) is 17.0 Å². The molecule has 0 unspecified atom stereocenters. The number of ether oxygens (including phenoxy) is 1. The third-order valence-electron chi connectivity index (χ3n) is 7.66. The van der Waals surface area contributed by atoms with E-state index in [1.54, 1.807) is 19.2 Å². The molecule has 2 aromatic carbocycles. The third-order valence-corrected chi connectivity index (χ3v) is 7.94. The molecule has 2 aliphatic heterocycles. The summed E-state index contributed by atoms with van der Waals surface area (Å²) in [4.78, 5) is 21.4. The number of amides is 2. The summed E-state index contributed by atoms with van der Waals surface area (Å²) in [6.45, 7) is 7.64. The van der Waals surface area contributed by atoms with Crippen molar-refractivity contribution < 1.29 is 19.1 Å². The first-order valence-corrected chi connectivity index (χ1v) is 13.5. The van der Waals surface area contributed by atoms with Crippen molar-refractivity contribution in [3.63, 3.8) is 0 Å². The van der Waals surface area contributed by atoms with Crippen molar-refractivity contribution >= 4 is 52.6 Å². The number of aromatic nitrogens is 3. The largest absolute Gasteiger partial charge is 0.507 e. The molecule has 0 radical (unpaired) electrons. The van der Waals surface area contributed by atoms with Crippen LogP contribution in [0.25, 0.3) is 23.4 Å². The van der Waals surface area contributed by atoms with Crippen molar-refractivity contribution in [3.8, 4) is 5.75 Å². The average Bonchev–Trinajstić information content (AvgIpc) is 3.26. The van der Waals surface area contributed by atoms with Crippen LogP contribution in [0.1, 0.15) is 29.5 Å². The zero-order valence-electron chi connectivity index (χ0n) is 22.3. The Morgan fingerprint density at radius 1 is 1.18 bits per heavy atom. The van der Waals surface area contributed by atoms with Crippen molar-refractivity contribution in [2.45, 2.75) is 32.2 Å². The zero-order chi connectivity index (χ0) is 28.0. The number of methoxy groups -OCH3 is 1. The van der Waals surface area contributed by atoms with Crippen LogP contribution in [0.5, 0.6) is 5.75 Å². The molecular formula is C29H29ClN6O4. The van der Waals surface area contributed by atoms with E-state index in [-0.39, 0.29) is 23.0 Å². The molecule has 0 aliphatic carbocycles. The number of fused-ring (bicyclic) bond motifs is 2. The maximum atomic E-state index is 13.1. The number of carbonyl (C=O) groups is 1. The first-order chi connectivity index (χ1) is 19.3. The number of aryl methyl sites for hydroxylation is 1. The number of aliphatic hydroxyl groups excluding tert-OH is 1. The number of urea groups is 1. The van der Waals surface area contributed by atoms with Crippen molar-refractivity contribution in [2.75, 3.05) is 37.0 Å². The summed E-state index contributed by atoms with van der Waals surface area (Å²) in [5.41, 5.74) is 4.66. The minimum Gasteiger partial charge on any atom is -0.507 e. The van der Waals surface area contributed by atoms with Gasteiger partial charge in [-0.1, -0.05) is 11.6 Å². The van der Waals surface area contributed by atoms with Gasteiger partial charge in [-0.2, -0.15) is 0 Å². The lowest BCUT2D eigenvalue weighted by Crippen LogP contribution is -2.49. The molecule has 0 saturated carbocycles. The highest BCUT2D eigenvalue weighted by Gasteiger charge is 2.31. The molecular weight excluding hydrogens is 532 g/mol. The van der Waals surface area contributed by atoms with E-state index in [0.717, 1.165) is 41.8 Å². The number of rotatable bonds is 4. The lowest BCUT2D eigenvalue weighted by Gasteiger charge is -2.38. The van der Waals surface area contributed by atoms with Crippen LogP contribution in [0.4, 0.5) is 16.3 Å². The number of nitrogens with zero attached hydrogens (tertiary/aromatic N) is 5. The predicted octanol–water partition coefficient (Wildman–Crippen LogP) is 3.77. The van der Waals surface area contributed by atoms with Gasteiger partial charge >= 0.3 is 6.03 Å². The van der Waals surface area contributed by atoms with Crippen LogP contribution in [0.3, 0.4) is 0 Å². The Labute approximate surface area is 235 Å². The SMILES string of the molecule is C=c1nc2c(C)c/c(=C(\O)c3cc(N4CCC(N5CCc6cc(OC)ccc6NC5=O)CC4)nnc3Cl)cc2o1. The fourth-order valence-corrected chi connectivity index (χ4v) is 5.71. The molecule has 0 spiro atoms. The second-order valence-electron chi connectivity index (χ2n) is 10.1. The Balaban J connectivity index is 1.19. The van der Waals surface area contributed by atoms with E-state index in [1.165, 1.54) is 0 Å². The topological polar surface area (TPSA) is 117 Å². The fraction of sp³-hybridized carbons (Fsp3) is 0.310. The lowest BCUT2D eigenvalue weighted by atomic mass is 10.0. The van der Waals surface area contributed by atoms with E-state index in [2.05, 4.69) is 32.0 Å². The Kier molecular flexibility index (Phi) is 6.71. The fourth-order valence-electron chi connectivity index (χ4n) is 5.53. The van der Waals surface area contributed by atoms with Crippen LogP contribution < -0.4 is 25.7 Å². The molecule has 40 heavy (non-hydrogen) atoms. The molecule has 4 aromatic rings. The first kappa shape index (κ1) is 25.9. The number of anilines is 2. The summed E-state index contributed by atoms with van der Waals surface area (Å²) in [5, 5.41) is 23.3. The molecule has 11 heteroatoms. The molecule has 1 fully saturated rings. The van der Waals surface area contributed by atoms with Gasteiger partial charge in [-0.15, -0.1) is 10.2 Å². The van der Waals surface area contributed by atoms with Crippen LogP contribution in [0.15, 0.2) is 40.8 Å². The molecule has 2 amide bonds. The maximum Gasteiger partial charge on any atom is 0.322 e. The van der Waals surface area contributed by atoms with Crippen molar-refractivity contribution in [2.24, 2.45) is 0 Å². The maximum absolute atomic E-state index is 13.1. The number of nitrogens with one attached hydrogen (secondary N) is 1. The number of hydrogen-bond acceptors (Lipinski definition) is 8. The van der Waals surface area contributed by atoms with E-state index >= 15 is 0 Å². The van der Waals surface area contributed by atoms with Crippen LogP contribution in [-0.4, -0.2) is 64.0 Å². The van der Waals surface area contributed by atoms with Crippen LogP contribution in [0.2, 0.25) is 5.15 Å². The summed E-state index contributed by atoms with van der Waals surface area (Å²) in [5.74, 6) is 1.37. The number of benzene rings is 2. The molecule has 2 aromatic heterocycles. The molecule has 206 valence electrons. The van der Waals surface area contributed by atoms with Crippen LogP contribution in [0, 0.1) is 6.92 Å². The molecule has 6 rings (SSSR count). The van der Waals surface area contributed by atoms with Gasteiger partial charge < -0.3 is 29.4 Å². The summed E-state index contributed by atoms with van der Waals surface area (Å²) in [6.07, 6.45) is 2.30.